The molecule has 10 heavy (non-hydrogen) atoms. The van der Waals surface area contributed by atoms with Crippen LogP contribution in [0.5, 0.6) is 0 Å². The fraction of sp³-hybridized carbons (Fsp3) is 0.143. The van der Waals surface area contributed by atoms with Gasteiger partial charge in [-0.15, -0.1) is 0 Å². The van der Waals surface area contributed by atoms with Crippen molar-refractivity contribution in [2.75, 3.05) is 5.73 Å². The molecule has 0 aliphatic rings. The zero-order valence-corrected chi connectivity index (χ0v) is 7.43. The Labute approximate surface area is 72.6 Å². The molecule has 0 aliphatic carbocycles. The van der Waals surface area contributed by atoms with Gasteiger partial charge in [0.2, 0.25) is 0 Å². The van der Waals surface area contributed by atoms with Gasteiger partial charge in [-0.3, -0.25) is 0 Å². The molecule has 0 saturated carbocycles. The van der Waals surface area contributed by atoms with Gasteiger partial charge in [-0.2, -0.15) is 0 Å². The third-order valence-corrected chi connectivity index (χ3v) is 2.10. The quantitative estimate of drug-likeness (QED) is 0.462. The molecule has 1 nitrogen and oxygen atoms in total. The Hall–Kier alpha value is -0.320. The van der Waals surface area contributed by atoms with E-state index in [0.717, 1.165) is 9.99 Å². The SMILES string of the molecule is Nc1ccc(CI)cc1F. The molecular formula is C7H7FIN. The Morgan fingerprint density at radius 3 is 2.70 bits per heavy atom. The number of nitrogen functional groups attached to an aromatic ring is 1. The van der Waals surface area contributed by atoms with Crippen LogP contribution in [0.25, 0.3) is 0 Å². The van der Waals surface area contributed by atoms with E-state index in [1.165, 1.54) is 6.07 Å². The minimum Gasteiger partial charge on any atom is -0.396 e. The van der Waals surface area contributed by atoms with Gasteiger partial charge in [-0.05, 0) is 17.7 Å². The van der Waals surface area contributed by atoms with Gasteiger partial charge in [-0.25, -0.2) is 4.39 Å². The van der Waals surface area contributed by atoms with Gasteiger partial charge < -0.3 is 5.73 Å². The van der Waals surface area contributed by atoms with E-state index in [1.54, 1.807) is 6.07 Å². The van der Waals surface area contributed by atoms with Crippen LogP contribution in [0.3, 0.4) is 0 Å². The molecule has 0 amide bonds. The predicted octanol–water partition coefficient (Wildman–Crippen LogP) is 2.34. The number of hydrogen-bond donors (Lipinski definition) is 1. The van der Waals surface area contributed by atoms with Crippen LogP contribution < -0.4 is 5.73 Å². The van der Waals surface area contributed by atoms with Gasteiger partial charge in [0.25, 0.3) is 0 Å². The predicted molar refractivity (Wildman–Crippen MR) is 48.5 cm³/mol. The number of hydrogen-bond acceptors (Lipinski definition) is 1. The lowest BCUT2D eigenvalue weighted by atomic mass is 10.2. The fourth-order valence-electron chi connectivity index (χ4n) is 0.654. The highest BCUT2D eigenvalue weighted by Gasteiger charge is 1.97. The lowest BCUT2D eigenvalue weighted by Crippen LogP contribution is -1.90. The van der Waals surface area contributed by atoms with Crippen LogP contribution in [0.1, 0.15) is 5.56 Å². The van der Waals surface area contributed by atoms with Crippen LogP contribution >= 0.6 is 22.6 Å². The summed E-state index contributed by atoms with van der Waals surface area (Å²) in [5.41, 5.74) is 6.45. The second-order valence-electron chi connectivity index (χ2n) is 1.99. The first-order chi connectivity index (χ1) is 4.74. The number of nitrogens with two attached hydrogens (primary N) is 1. The second-order valence-corrected chi connectivity index (χ2v) is 2.75. The molecule has 0 spiro atoms. The lowest BCUT2D eigenvalue weighted by molar-refractivity contribution is 0.631. The topological polar surface area (TPSA) is 26.0 Å². The van der Waals surface area contributed by atoms with E-state index in [4.69, 9.17) is 5.73 Å². The molecule has 54 valence electrons. The maximum Gasteiger partial charge on any atom is 0.146 e. The Kier molecular flexibility index (Phi) is 2.48. The largest absolute Gasteiger partial charge is 0.396 e. The molecule has 0 fully saturated rings. The van der Waals surface area contributed by atoms with Gasteiger partial charge in [0.15, 0.2) is 0 Å². The second kappa shape index (κ2) is 3.18. The maximum atomic E-state index is 12.6. The van der Waals surface area contributed by atoms with Crippen molar-refractivity contribution in [3.8, 4) is 0 Å². The minimum atomic E-state index is -0.325. The molecule has 1 rings (SSSR count). The summed E-state index contributed by atoms with van der Waals surface area (Å²) < 4.78 is 13.5. The zero-order chi connectivity index (χ0) is 7.56. The molecule has 0 atom stereocenters. The molecule has 0 aromatic heterocycles. The van der Waals surface area contributed by atoms with E-state index in [9.17, 15) is 4.39 Å². The Morgan fingerprint density at radius 1 is 1.50 bits per heavy atom. The summed E-state index contributed by atoms with van der Waals surface area (Å²) in [7, 11) is 0. The van der Waals surface area contributed by atoms with Crippen LogP contribution in [0.15, 0.2) is 18.2 Å². The van der Waals surface area contributed by atoms with E-state index < -0.39 is 0 Å². The molecule has 2 N–H and O–H groups in total. The van der Waals surface area contributed by atoms with Crippen molar-refractivity contribution in [1.29, 1.82) is 0 Å². The first kappa shape index (κ1) is 7.78. The highest BCUT2D eigenvalue weighted by molar-refractivity contribution is 14.1. The number of alkyl halides is 1. The smallest absolute Gasteiger partial charge is 0.146 e. The van der Waals surface area contributed by atoms with Gasteiger partial charge >= 0.3 is 0 Å². The normalized spacial score (nSPS) is 9.80. The first-order valence-corrected chi connectivity index (χ1v) is 4.36. The van der Waals surface area contributed by atoms with E-state index in [2.05, 4.69) is 22.6 Å². The summed E-state index contributed by atoms with van der Waals surface area (Å²) in [4.78, 5) is 0. The van der Waals surface area contributed by atoms with Crippen LogP contribution in [-0.2, 0) is 4.43 Å². The van der Waals surface area contributed by atoms with E-state index in [-0.39, 0.29) is 11.5 Å². The van der Waals surface area contributed by atoms with Crippen molar-refractivity contribution in [3.05, 3.63) is 29.6 Å². The third-order valence-electron chi connectivity index (χ3n) is 1.22. The van der Waals surface area contributed by atoms with Crippen LogP contribution in [0.4, 0.5) is 10.1 Å². The molecule has 1 aromatic carbocycles. The molecule has 0 saturated heterocycles. The summed E-state index contributed by atoms with van der Waals surface area (Å²) in [5.74, 6) is -0.325. The average molecular weight is 251 g/mol. The van der Waals surface area contributed by atoms with Gasteiger partial charge in [0.05, 0.1) is 5.69 Å². The van der Waals surface area contributed by atoms with Crippen molar-refractivity contribution < 1.29 is 4.39 Å². The number of halogens is 2. The van der Waals surface area contributed by atoms with E-state index in [0.29, 0.717) is 0 Å². The minimum absolute atomic E-state index is 0.216. The Bertz CT molecular complexity index is 237. The highest BCUT2D eigenvalue weighted by atomic mass is 127. The molecule has 0 radical (unpaired) electrons. The molecule has 0 heterocycles. The first-order valence-electron chi connectivity index (χ1n) is 2.84. The molecule has 0 unspecified atom stereocenters. The van der Waals surface area contributed by atoms with Crippen LogP contribution in [0.2, 0.25) is 0 Å². The summed E-state index contributed by atoms with van der Waals surface area (Å²) in [6.07, 6.45) is 0. The van der Waals surface area contributed by atoms with Crippen LogP contribution in [0, 0.1) is 5.82 Å². The van der Waals surface area contributed by atoms with E-state index in [1.807, 2.05) is 6.07 Å². The average Bonchev–Trinajstić information content (AvgIpc) is 1.95. The van der Waals surface area contributed by atoms with Crippen molar-refractivity contribution in [2.45, 2.75) is 4.43 Å². The zero-order valence-electron chi connectivity index (χ0n) is 5.27. The van der Waals surface area contributed by atoms with Gasteiger partial charge in [0, 0.05) is 4.43 Å². The molecule has 1 aromatic rings. The number of benzene rings is 1. The van der Waals surface area contributed by atoms with Crippen LogP contribution in [-0.4, -0.2) is 0 Å². The monoisotopic (exact) mass is 251 g/mol. The summed E-state index contributed by atoms with van der Waals surface area (Å²) in [6, 6.07) is 4.87. The molecule has 0 bridgehead atoms. The standard InChI is InChI=1S/C7H7FIN/c8-6-3-5(4-9)1-2-7(6)10/h1-3H,4,10H2. The van der Waals surface area contributed by atoms with Crippen molar-refractivity contribution >= 4 is 28.3 Å². The van der Waals surface area contributed by atoms with Crippen molar-refractivity contribution in [3.63, 3.8) is 0 Å². The number of anilines is 1. The lowest BCUT2D eigenvalue weighted by Gasteiger charge is -1.97. The summed E-state index contributed by atoms with van der Waals surface area (Å²) in [6.45, 7) is 0. The fourth-order valence-corrected chi connectivity index (χ4v) is 1.13. The van der Waals surface area contributed by atoms with Gasteiger partial charge in [0.1, 0.15) is 5.82 Å². The van der Waals surface area contributed by atoms with Gasteiger partial charge in [-0.1, -0.05) is 28.7 Å². The highest BCUT2D eigenvalue weighted by Crippen LogP contribution is 2.13. The Balaban J connectivity index is 3.04. The summed E-state index contributed by atoms with van der Waals surface area (Å²) >= 11 is 2.17. The summed E-state index contributed by atoms with van der Waals surface area (Å²) in [5, 5.41) is 0. The molecular weight excluding hydrogens is 244 g/mol. The third kappa shape index (κ3) is 1.59. The molecule has 3 heteroatoms. The Morgan fingerprint density at radius 2 is 2.20 bits per heavy atom. The van der Waals surface area contributed by atoms with E-state index >= 15 is 0 Å². The van der Waals surface area contributed by atoms with Crippen molar-refractivity contribution in [1.82, 2.24) is 0 Å². The maximum absolute atomic E-state index is 12.6. The van der Waals surface area contributed by atoms with Crippen molar-refractivity contribution in [2.24, 2.45) is 0 Å². The molecule has 0 aliphatic heterocycles. The number of rotatable bonds is 1.